The third-order valence-electron chi connectivity index (χ3n) is 6.87. The van der Waals surface area contributed by atoms with Crippen molar-refractivity contribution in [2.75, 3.05) is 0 Å². The second-order valence-electron chi connectivity index (χ2n) is 11.0. The van der Waals surface area contributed by atoms with Gasteiger partial charge in [0.25, 0.3) is 0 Å². The molecular formula is C23H46. The van der Waals surface area contributed by atoms with Gasteiger partial charge in [-0.25, -0.2) is 0 Å². The molecule has 0 heteroatoms. The van der Waals surface area contributed by atoms with Crippen molar-refractivity contribution in [2.24, 2.45) is 21.7 Å². The van der Waals surface area contributed by atoms with E-state index in [0.29, 0.717) is 0 Å². The van der Waals surface area contributed by atoms with Gasteiger partial charge in [-0.3, -0.25) is 0 Å². The molecule has 0 aromatic carbocycles. The van der Waals surface area contributed by atoms with Gasteiger partial charge in [-0.15, -0.1) is 0 Å². The molecule has 0 aliphatic heterocycles. The highest BCUT2D eigenvalue weighted by atomic mass is 14.4. The molecule has 138 valence electrons. The highest BCUT2D eigenvalue weighted by Crippen LogP contribution is 2.48. The van der Waals surface area contributed by atoms with E-state index in [9.17, 15) is 0 Å². The van der Waals surface area contributed by atoms with E-state index in [1.807, 2.05) is 0 Å². The molecule has 0 spiro atoms. The van der Waals surface area contributed by atoms with Gasteiger partial charge in [0.05, 0.1) is 0 Å². The van der Waals surface area contributed by atoms with Crippen molar-refractivity contribution in [3.05, 3.63) is 0 Å². The topological polar surface area (TPSA) is 0 Å². The van der Waals surface area contributed by atoms with Crippen molar-refractivity contribution in [3.63, 3.8) is 0 Å². The maximum Gasteiger partial charge on any atom is -0.0328 e. The Hall–Kier alpha value is 0. The molecule has 4 aliphatic rings. The van der Waals surface area contributed by atoms with Gasteiger partial charge in [-0.1, -0.05) is 74.7 Å². The van der Waals surface area contributed by atoms with Gasteiger partial charge >= 0.3 is 0 Å². The van der Waals surface area contributed by atoms with E-state index in [1.54, 1.807) is 0 Å². The van der Waals surface area contributed by atoms with Crippen molar-refractivity contribution in [1.82, 2.24) is 0 Å². The van der Waals surface area contributed by atoms with Crippen LogP contribution in [0.15, 0.2) is 0 Å². The van der Waals surface area contributed by atoms with Crippen molar-refractivity contribution < 1.29 is 0 Å². The molecule has 0 heterocycles. The normalized spacial score (nSPS) is 28.2. The van der Waals surface area contributed by atoms with Gasteiger partial charge in [0.15, 0.2) is 0 Å². The lowest BCUT2D eigenvalue weighted by molar-refractivity contribution is 0.190. The van der Waals surface area contributed by atoms with E-state index in [1.165, 1.54) is 70.6 Å². The molecule has 0 radical (unpaired) electrons. The van der Waals surface area contributed by atoms with Crippen LogP contribution >= 0.6 is 0 Å². The quantitative estimate of drug-likeness (QED) is 0.478. The maximum absolute atomic E-state index is 2.35. The Morgan fingerprint density at radius 3 is 0.696 bits per heavy atom. The summed E-state index contributed by atoms with van der Waals surface area (Å²) in [6.07, 6.45) is 15.9. The molecule has 0 unspecified atom stereocenters. The second-order valence-corrected chi connectivity index (χ2v) is 11.0. The molecule has 0 atom stereocenters. The van der Waals surface area contributed by atoms with Gasteiger partial charge < -0.3 is 0 Å². The fourth-order valence-corrected chi connectivity index (χ4v) is 2.27. The molecule has 4 fully saturated rings. The molecule has 4 rings (SSSR count). The third kappa shape index (κ3) is 10.5. The lowest BCUT2D eigenvalue weighted by Gasteiger charge is -2.33. The van der Waals surface area contributed by atoms with Crippen molar-refractivity contribution in [1.29, 1.82) is 0 Å². The first-order valence-electron chi connectivity index (χ1n) is 10.4. The zero-order valence-corrected chi connectivity index (χ0v) is 17.8. The fourth-order valence-electron chi connectivity index (χ4n) is 2.27. The Kier molecular flexibility index (Phi) is 7.25. The minimum atomic E-state index is 0.722. The summed E-state index contributed by atoms with van der Waals surface area (Å²) in [4.78, 5) is 0. The van der Waals surface area contributed by atoms with Crippen LogP contribution in [0, 0.1) is 21.7 Å². The van der Waals surface area contributed by atoms with Crippen LogP contribution < -0.4 is 0 Å². The lowest BCUT2D eigenvalue weighted by atomic mass is 9.72. The Bertz CT molecular complexity index is 304. The summed E-state index contributed by atoms with van der Waals surface area (Å²) >= 11 is 0. The first-order valence-corrected chi connectivity index (χ1v) is 10.4. The minimum absolute atomic E-state index is 0.722. The van der Waals surface area contributed by atoms with Crippen molar-refractivity contribution in [2.45, 2.75) is 126 Å². The van der Waals surface area contributed by atoms with Crippen LogP contribution in [0.4, 0.5) is 0 Å². The summed E-state index contributed by atoms with van der Waals surface area (Å²) in [5.74, 6) is 0. The van der Waals surface area contributed by atoms with Gasteiger partial charge in [0.2, 0.25) is 0 Å². The van der Waals surface area contributed by atoms with E-state index in [2.05, 4.69) is 55.4 Å². The third-order valence-corrected chi connectivity index (χ3v) is 6.87. The SMILES string of the molecule is CC1(C)CC1.CC1(C)CCC1.CCC1(C)CC1.CCC1(C)CC1. The minimum Gasteiger partial charge on any atom is -0.0649 e. The Morgan fingerprint density at radius 1 is 0.478 bits per heavy atom. The van der Waals surface area contributed by atoms with Gasteiger partial charge in [-0.05, 0) is 73.0 Å². The Balaban J connectivity index is 0.000000154. The van der Waals surface area contributed by atoms with E-state index < -0.39 is 0 Å². The summed E-state index contributed by atoms with van der Waals surface area (Å²) in [7, 11) is 0. The average molecular weight is 323 g/mol. The van der Waals surface area contributed by atoms with Crippen LogP contribution in [-0.4, -0.2) is 0 Å². The Morgan fingerprint density at radius 2 is 0.696 bits per heavy atom. The summed E-state index contributed by atoms with van der Waals surface area (Å²) in [5.41, 5.74) is 3.06. The highest BCUT2D eigenvalue weighted by Gasteiger charge is 2.35. The van der Waals surface area contributed by atoms with Gasteiger partial charge in [-0.2, -0.15) is 0 Å². The molecule has 0 N–H and O–H groups in total. The molecule has 4 aliphatic carbocycles. The molecule has 0 aromatic rings. The summed E-state index contributed by atoms with van der Waals surface area (Å²) in [6, 6.07) is 0. The second kappa shape index (κ2) is 7.92. The van der Waals surface area contributed by atoms with E-state index in [0.717, 1.165) is 21.7 Å². The largest absolute Gasteiger partial charge is 0.0649 e. The predicted molar refractivity (Wildman–Crippen MR) is 106 cm³/mol. The summed E-state index contributed by atoms with van der Waals surface area (Å²) in [5, 5.41) is 0. The highest BCUT2D eigenvalue weighted by molar-refractivity contribution is 4.86. The number of rotatable bonds is 2. The molecule has 0 nitrogen and oxygen atoms in total. The lowest BCUT2D eigenvalue weighted by Crippen LogP contribution is -2.20. The van der Waals surface area contributed by atoms with Crippen LogP contribution in [0.3, 0.4) is 0 Å². The number of hydrogen-bond acceptors (Lipinski definition) is 0. The van der Waals surface area contributed by atoms with E-state index in [4.69, 9.17) is 0 Å². The monoisotopic (exact) mass is 322 g/mol. The first kappa shape index (κ1) is 21.0. The zero-order valence-electron chi connectivity index (χ0n) is 17.8. The van der Waals surface area contributed by atoms with Crippen molar-refractivity contribution >= 4 is 0 Å². The van der Waals surface area contributed by atoms with Crippen LogP contribution in [0.25, 0.3) is 0 Å². The van der Waals surface area contributed by atoms with Crippen LogP contribution in [0.5, 0.6) is 0 Å². The molecule has 0 aromatic heterocycles. The summed E-state index contributed by atoms with van der Waals surface area (Å²) < 4.78 is 0. The Labute approximate surface area is 148 Å². The molecule has 23 heavy (non-hydrogen) atoms. The fraction of sp³-hybridized carbons (Fsp3) is 1.00. The molecule has 0 amide bonds. The molecule has 0 saturated heterocycles. The van der Waals surface area contributed by atoms with Crippen molar-refractivity contribution in [3.8, 4) is 0 Å². The zero-order chi connectivity index (χ0) is 17.8. The molecular weight excluding hydrogens is 276 g/mol. The van der Waals surface area contributed by atoms with Crippen LogP contribution in [0.2, 0.25) is 0 Å². The van der Waals surface area contributed by atoms with Crippen LogP contribution in [0.1, 0.15) is 126 Å². The average Bonchev–Trinajstić information content (AvgIpc) is 3.38. The maximum atomic E-state index is 2.35. The van der Waals surface area contributed by atoms with E-state index in [-0.39, 0.29) is 0 Å². The molecule has 4 saturated carbocycles. The van der Waals surface area contributed by atoms with Gasteiger partial charge in [0, 0.05) is 0 Å². The van der Waals surface area contributed by atoms with Crippen LogP contribution in [-0.2, 0) is 0 Å². The van der Waals surface area contributed by atoms with E-state index >= 15 is 0 Å². The smallest absolute Gasteiger partial charge is 0.0328 e. The standard InChI is InChI=1S/3C6H12.C5H10/c1-6(2)4-3-5-6;2*1-3-6(2)4-5-6;1-5(2)3-4-5/h3*3-5H2,1-2H3;3-4H2,1-2H3. The predicted octanol–water partition coefficient (Wildman–Crippen LogP) is 8.40. The molecule has 0 bridgehead atoms. The number of hydrogen-bond donors (Lipinski definition) is 0. The van der Waals surface area contributed by atoms with Gasteiger partial charge in [0.1, 0.15) is 0 Å². The summed E-state index contributed by atoms with van der Waals surface area (Å²) in [6.45, 7) is 18.5. The first-order chi connectivity index (χ1) is 10.4.